The highest BCUT2D eigenvalue weighted by Crippen LogP contribution is 2.21. The summed E-state index contributed by atoms with van der Waals surface area (Å²) < 4.78 is 38.3. The van der Waals surface area contributed by atoms with Gasteiger partial charge >= 0.3 is 6.18 Å². The fraction of sp³-hybridized carbons (Fsp3) is 0.500. The molecule has 0 amide bonds. The number of nitrogens with one attached hydrogen (secondary N) is 1. The lowest BCUT2D eigenvalue weighted by Gasteiger charge is -2.16. The number of nitrogens with zero attached hydrogens (tertiary/aromatic N) is 2. The van der Waals surface area contributed by atoms with Gasteiger partial charge in [0.25, 0.3) is 0 Å². The molecule has 1 N–H and O–H groups in total. The largest absolute Gasteiger partial charge is 0.401 e. The number of imidazole rings is 1. The fourth-order valence-electron chi connectivity index (χ4n) is 2.15. The molecule has 1 heterocycles. The Hall–Kier alpha value is -1.56. The summed E-state index contributed by atoms with van der Waals surface area (Å²) in [4.78, 5) is 4.31. The number of benzene rings is 1. The molecule has 2 aromatic rings. The molecule has 0 aliphatic heterocycles. The Labute approximate surface area is 115 Å². The molecule has 1 aromatic heterocycles. The Balaban J connectivity index is 2.14. The summed E-state index contributed by atoms with van der Waals surface area (Å²) in [5, 5.41) is 2.43. The Morgan fingerprint density at radius 2 is 1.90 bits per heavy atom. The fourth-order valence-corrected chi connectivity index (χ4v) is 2.15. The smallest absolute Gasteiger partial charge is 0.326 e. The highest BCUT2D eigenvalue weighted by Gasteiger charge is 2.26. The average Bonchev–Trinajstić information content (AvgIpc) is 2.71. The van der Waals surface area contributed by atoms with Crippen molar-refractivity contribution >= 4 is 11.0 Å². The number of rotatable bonds is 4. The van der Waals surface area contributed by atoms with Crippen LogP contribution in [0.25, 0.3) is 11.0 Å². The first-order valence-electron chi connectivity index (χ1n) is 6.49. The maximum Gasteiger partial charge on any atom is 0.401 e. The molecule has 0 saturated heterocycles. The third-order valence-electron chi connectivity index (χ3n) is 3.43. The zero-order valence-electron chi connectivity index (χ0n) is 11.8. The van der Waals surface area contributed by atoms with Gasteiger partial charge in [-0.1, -0.05) is 0 Å². The molecule has 0 bridgehead atoms. The molecule has 0 aliphatic rings. The van der Waals surface area contributed by atoms with Crippen molar-refractivity contribution in [3.05, 3.63) is 29.6 Å². The van der Waals surface area contributed by atoms with Gasteiger partial charge in [-0.25, -0.2) is 4.98 Å². The molecule has 0 radical (unpaired) electrons. The van der Waals surface area contributed by atoms with Gasteiger partial charge in [0.15, 0.2) is 0 Å². The monoisotopic (exact) mass is 285 g/mol. The van der Waals surface area contributed by atoms with Gasteiger partial charge in [-0.3, -0.25) is 0 Å². The minimum Gasteiger partial charge on any atom is -0.326 e. The lowest BCUT2D eigenvalue weighted by molar-refractivity contribution is -0.124. The van der Waals surface area contributed by atoms with Crippen molar-refractivity contribution < 1.29 is 13.2 Å². The summed E-state index contributed by atoms with van der Waals surface area (Å²) >= 11 is 0. The van der Waals surface area contributed by atoms with Crippen LogP contribution in [0.15, 0.2) is 18.5 Å². The van der Waals surface area contributed by atoms with E-state index in [2.05, 4.69) is 10.3 Å². The summed E-state index contributed by atoms with van der Waals surface area (Å²) in [5.41, 5.74) is 4.13. The van der Waals surface area contributed by atoms with Crippen molar-refractivity contribution in [3.8, 4) is 0 Å². The quantitative estimate of drug-likeness (QED) is 0.933. The van der Waals surface area contributed by atoms with Crippen molar-refractivity contribution in [1.82, 2.24) is 14.9 Å². The second kappa shape index (κ2) is 5.44. The van der Waals surface area contributed by atoms with Gasteiger partial charge in [-0.2, -0.15) is 13.2 Å². The third kappa shape index (κ3) is 3.30. The molecular formula is C14H18F3N3. The van der Waals surface area contributed by atoms with Crippen LogP contribution in [0.4, 0.5) is 13.2 Å². The Morgan fingerprint density at radius 1 is 1.25 bits per heavy atom. The first kappa shape index (κ1) is 14.8. The second-order valence-electron chi connectivity index (χ2n) is 5.17. The predicted molar refractivity (Wildman–Crippen MR) is 72.8 cm³/mol. The maximum atomic E-state index is 12.1. The van der Waals surface area contributed by atoms with Crippen LogP contribution in [0.2, 0.25) is 0 Å². The van der Waals surface area contributed by atoms with E-state index < -0.39 is 12.7 Å². The summed E-state index contributed by atoms with van der Waals surface area (Å²) in [5.74, 6) is 0. The van der Waals surface area contributed by atoms with Crippen molar-refractivity contribution in [2.75, 3.05) is 13.1 Å². The first-order chi connectivity index (χ1) is 9.28. The number of hydrogen-bond donors (Lipinski definition) is 1. The second-order valence-corrected chi connectivity index (χ2v) is 5.17. The van der Waals surface area contributed by atoms with Crippen LogP contribution in [0.1, 0.15) is 24.1 Å². The zero-order valence-corrected chi connectivity index (χ0v) is 11.8. The molecule has 1 aromatic carbocycles. The molecule has 0 fully saturated rings. The maximum absolute atomic E-state index is 12.1. The predicted octanol–water partition coefficient (Wildman–Crippen LogP) is 3.37. The minimum absolute atomic E-state index is 0.0931. The van der Waals surface area contributed by atoms with E-state index in [4.69, 9.17) is 0 Å². The van der Waals surface area contributed by atoms with Crippen molar-refractivity contribution in [2.24, 2.45) is 0 Å². The average molecular weight is 285 g/mol. The van der Waals surface area contributed by atoms with E-state index in [0.717, 1.165) is 22.2 Å². The number of fused-ring (bicyclic) bond motifs is 1. The lowest BCUT2D eigenvalue weighted by atomic mass is 10.1. The van der Waals surface area contributed by atoms with Gasteiger partial charge in [0.1, 0.15) is 0 Å². The van der Waals surface area contributed by atoms with Gasteiger partial charge in [0.05, 0.1) is 23.9 Å². The normalized spacial score (nSPS) is 13.9. The molecule has 110 valence electrons. The number of hydrogen-bond acceptors (Lipinski definition) is 2. The van der Waals surface area contributed by atoms with Gasteiger partial charge in [-0.15, -0.1) is 0 Å². The molecule has 0 aliphatic carbocycles. The van der Waals surface area contributed by atoms with Gasteiger partial charge in [0.2, 0.25) is 0 Å². The number of alkyl halides is 3. The van der Waals surface area contributed by atoms with Gasteiger partial charge < -0.3 is 9.88 Å². The summed E-state index contributed by atoms with van der Waals surface area (Å²) in [6.45, 7) is 5.18. The summed E-state index contributed by atoms with van der Waals surface area (Å²) in [6, 6.07) is 3.93. The lowest BCUT2D eigenvalue weighted by Crippen LogP contribution is -2.32. The van der Waals surface area contributed by atoms with Crippen LogP contribution in [0.3, 0.4) is 0 Å². The summed E-state index contributed by atoms with van der Waals surface area (Å²) in [6.07, 6.45) is -2.49. The Bertz CT molecular complexity index is 601. The Morgan fingerprint density at radius 3 is 2.55 bits per heavy atom. The standard InChI is InChI=1S/C14H18F3N3/c1-9-4-12-13(5-10(9)2)20(8-19-12)11(3)6-18-7-14(15,16)17/h4-5,8,11,18H,6-7H2,1-3H3. The molecule has 3 nitrogen and oxygen atoms in total. The number of aryl methyl sites for hydroxylation is 2. The first-order valence-corrected chi connectivity index (χ1v) is 6.49. The zero-order chi connectivity index (χ0) is 14.9. The van der Waals surface area contributed by atoms with E-state index in [1.165, 1.54) is 0 Å². The van der Waals surface area contributed by atoms with Crippen molar-refractivity contribution in [1.29, 1.82) is 0 Å². The van der Waals surface area contributed by atoms with Crippen LogP contribution >= 0.6 is 0 Å². The van der Waals surface area contributed by atoms with Crippen LogP contribution in [-0.4, -0.2) is 28.8 Å². The number of aromatic nitrogens is 2. The highest BCUT2D eigenvalue weighted by atomic mass is 19.4. The molecule has 0 saturated carbocycles. The van der Waals surface area contributed by atoms with Crippen molar-refractivity contribution in [2.45, 2.75) is 33.0 Å². The Kier molecular flexibility index (Phi) is 4.04. The number of halogens is 3. The van der Waals surface area contributed by atoms with Crippen LogP contribution < -0.4 is 5.32 Å². The van der Waals surface area contributed by atoms with Gasteiger partial charge in [0, 0.05) is 12.6 Å². The van der Waals surface area contributed by atoms with Crippen LogP contribution in [0.5, 0.6) is 0 Å². The van der Waals surface area contributed by atoms with E-state index >= 15 is 0 Å². The summed E-state index contributed by atoms with van der Waals surface area (Å²) in [7, 11) is 0. The minimum atomic E-state index is -4.18. The molecule has 1 unspecified atom stereocenters. The molecule has 0 spiro atoms. The van der Waals surface area contributed by atoms with E-state index in [9.17, 15) is 13.2 Å². The van der Waals surface area contributed by atoms with Crippen LogP contribution in [-0.2, 0) is 0 Å². The van der Waals surface area contributed by atoms with Crippen LogP contribution in [0, 0.1) is 13.8 Å². The van der Waals surface area contributed by atoms with E-state index in [-0.39, 0.29) is 12.6 Å². The topological polar surface area (TPSA) is 29.9 Å². The molecule has 1 atom stereocenters. The molecule has 2 rings (SSSR count). The molecular weight excluding hydrogens is 267 g/mol. The molecule has 20 heavy (non-hydrogen) atoms. The van der Waals surface area contributed by atoms with Crippen molar-refractivity contribution in [3.63, 3.8) is 0 Å². The SMILES string of the molecule is Cc1cc2ncn(C(C)CNCC(F)(F)F)c2cc1C. The van der Waals surface area contributed by atoms with E-state index in [1.54, 1.807) is 6.33 Å². The van der Waals surface area contributed by atoms with Gasteiger partial charge in [-0.05, 0) is 44.0 Å². The van der Waals surface area contributed by atoms with E-state index in [1.807, 2.05) is 37.5 Å². The molecule has 6 heteroatoms. The third-order valence-corrected chi connectivity index (χ3v) is 3.43. The highest BCUT2D eigenvalue weighted by molar-refractivity contribution is 5.77. The van der Waals surface area contributed by atoms with E-state index in [0.29, 0.717) is 0 Å².